The molecule has 0 fully saturated rings. The Labute approximate surface area is 96.3 Å². The summed E-state index contributed by atoms with van der Waals surface area (Å²) in [5.74, 6) is 0. The van der Waals surface area contributed by atoms with Gasteiger partial charge in [0.15, 0.2) is 5.69 Å². The molecule has 0 radical (unpaired) electrons. The Morgan fingerprint density at radius 1 is 1.75 bits per heavy atom. The summed E-state index contributed by atoms with van der Waals surface area (Å²) in [5, 5.41) is 11.7. The van der Waals surface area contributed by atoms with Gasteiger partial charge in [-0.05, 0) is 19.2 Å². The number of nitrogens with one attached hydrogen (secondary N) is 1. The topological polar surface area (TPSA) is 92.1 Å². The Hall–Kier alpha value is -1.49. The molecule has 86 valence electrons. The van der Waals surface area contributed by atoms with Crippen LogP contribution in [0.1, 0.15) is 5.69 Å². The Morgan fingerprint density at radius 3 is 3.12 bits per heavy atom. The highest BCUT2D eigenvalue weighted by atomic mass is 32.2. The minimum Gasteiger partial charge on any atom is -0.760 e. The van der Waals surface area contributed by atoms with Gasteiger partial charge in [0.1, 0.15) is 6.07 Å². The molecule has 0 spiro atoms. The van der Waals surface area contributed by atoms with Crippen LogP contribution in [-0.2, 0) is 11.3 Å². The van der Waals surface area contributed by atoms with E-state index < -0.39 is 11.3 Å². The van der Waals surface area contributed by atoms with Gasteiger partial charge in [0.05, 0.1) is 5.69 Å². The molecule has 1 N–H and O–H groups in total. The summed E-state index contributed by atoms with van der Waals surface area (Å²) in [6, 6.07) is 5.38. The van der Waals surface area contributed by atoms with Crippen molar-refractivity contribution in [3.05, 3.63) is 24.0 Å². The predicted octanol–water partition coefficient (Wildman–Crippen LogP) is 0.0911. The molecule has 7 heteroatoms. The SMILES string of the molecule is CN(CCNc1cccnc1C#N)S(=O)[O-]. The molecule has 0 aromatic carbocycles. The van der Waals surface area contributed by atoms with E-state index in [4.69, 9.17) is 5.26 Å². The molecule has 0 bridgehead atoms. The van der Waals surface area contributed by atoms with Gasteiger partial charge in [0, 0.05) is 30.6 Å². The van der Waals surface area contributed by atoms with Gasteiger partial charge in [-0.2, -0.15) is 5.26 Å². The van der Waals surface area contributed by atoms with E-state index in [0.29, 0.717) is 24.5 Å². The third kappa shape index (κ3) is 3.58. The van der Waals surface area contributed by atoms with E-state index in [-0.39, 0.29) is 0 Å². The number of pyridine rings is 1. The van der Waals surface area contributed by atoms with E-state index in [2.05, 4.69) is 10.3 Å². The van der Waals surface area contributed by atoms with Crippen molar-refractivity contribution in [1.82, 2.24) is 9.29 Å². The van der Waals surface area contributed by atoms with Crippen molar-refractivity contribution in [2.24, 2.45) is 0 Å². The molecule has 0 aliphatic rings. The van der Waals surface area contributed by atoms with E-state index in [0.717, 1.165) is 4.31 Å². The number of aromatic nitrogens is 1. The Balaban J connectivity index is 2.49. The summed E-state index contributed by atoms with van der Waals surface area (Å²) in [5.41, 5.74) is 0.906. The van der Waals surface area contributed by atoms with Crippen LogP contribution < -0.4 is 5.32 Å². The minimum atomic E-state index is -2.21. The fraction of sp³-hybridized carbons (Fsp3) is 0.333. The highest BCUT2D eigenvalue weighted by Crippen LogP contribution is 2.09. The maximum Gasteiger partial charge on any atom is 0.163 e. The van der Waals surface area contributed by atoms with Crippen LogP contribution in [0.2, 0.25) is 0 Å². The van der Waals surface area contributed by atoms with Crippen molar-refractivity contribution < 1.29 is 8.76 Å². The molecule has 1 heterocycles. The van der Waals surface area contributed by atoms with Crippen molar-refractivity contribution >= 4 is 17.0 Å². The first-order chi connectivity index (χ1) is 7.65. The van der Waals surface area contributed by atoms with Gasteiger partial charge in [0.2, 0.25) is 0 Å². The molecule has 1 aromatic heterocycles. The zero-order valence-electron chi connectivity index (χ0n) is 8.71. The highest BCUT2D eigenvalue weighted by Gasteiger charge is 2.02. The molecule has 0 aliphatic heterocycles. The van der Waals surface area contributed by atoms with Crippen LogP contribution in [-0.4, -0.2) is 38.2 Å². The summed E-state index contributed by atoms with van der Waals surface area (Å²) in [7, 11) is 1.47. The van der Waals surface area contributed by atoms with Gasteiger partial charge >= 0.3 is 0 Å². The normalized spacial score (nSPS) is 12.1. The molecule has 16 heavy (non-hydrogen) atoms. The van der Waals surface area contributed by atoms with E-state index in [1.54, 1.807) is 12.1 Å². The maximum atomic E-state index is 10.5. The molecule has 0 aliphatic carbocycles. The second kappa shape index (κ2) is 6.17. The van der Waals surface area contributed by atoms with Crippen molar-refractivity contribution in [2.75, 3.05) is 25.5 Å². The van der Waals surface area contributed by atoms with Gasteiger partial charge in [-0.15, -0.1) is 0 Å². The number of rotatable bonds is 5. The number of likely N-dealkylation sites (N-methyl/N-ethyl adjacent to an activating group) is 1. The van der Waals surface area contributed by atoms with E-state index in [1.165, 1.54) is 13.2 Å². The van der Waals surface area contributed by atoms with Gasteiger partial charge in [-0.1, -0.05) is 0 Å². The van der Waals surface area contributed by atoms with Gasteiger partial charge < -0.3 is 9.87 Å². The number of hydrogen-bond acceptors (Lipinski definition) is 5. The largest absolute Gasteiger partial charge is 0.760 e. The Kier molecular flexibility index (Phi) is 4.85. The third-order valence-corrected chi connectivity index (χ3v) is 2.60. The standard InChI is InChI=1S/C9H12N4O2S/c1-13(16(14)15)6-5-12-8-3-2-4-11-9(8)7-10/h2-4,12H,5-6H2,1H3,(H,14,15)/p-1. The van der Waals surface area contributed by atoms with Crippen LogP contribution in [0.15, 0.2) is 18.3 Å². The first-order valence-electron chi connectivity index (χ1n) is 4.54. The zero-order chi connectivity index (χ0) is 12.0. The van der Waals surface area contributed by atoms with Crippen LogP contribution in [0.3, 0.4) is 0 Å². The van der Waals surface area contributed by atoms with Crippen LogP contribution in [0.4, 0.5) is 5.69 Å². The summed E-state index contributed by atoms with van der Waals surface area (Å²) in [6.07, 6.45) is 1.53. The fourth-order valence-electron chi connectivity index (χ4n) is 1.06. The maximum absolute atomic E-state index is 10.5. The summed E-state index contributed by atoms with van der Waals surface area (Å²) >= 11 is -2.21. The van der Waals surface area contributed by atoms with Gasteiger partial charge in [-0.25, -0.2) is 9.29 Å². The lowest BCUT2D eigenvalue weighted by Crippen LogP contribution is -2.27. The lowest BCUT2D eigenvalue weighted by Gasteiger charge is -2.19. The quantitative estimate of drug-likeness (QED) is 0.735. The molecule has 1 aromatic rings. The third-order valence-electron chi connectivity index (χ3n) is 1.91. The zero-order valence-corrected chi connectivity index (χ0v) is 9.53. The molecule has 1 rings (SSSR count). The molecule has 6 nitrogen and oxygen atoms in total. The fourth-order valence-corrected chi connectivity index (χ4v) is 1.30. The first kappa shape index (κ1) is 12.6. The smallest absolute Gasteiger partial charge is 0.163 e. The number of nitrogens with zero attached hydrogens (tertiary/aromatic N) is 3. The average molecular weight is 239 g/mol. The van der Waals surface area contributed by atoms with Crippen molar-refractivity contribution in [2.45, 2.75) is 0 Å². The van der Waals surface area contributed by atoms with Gasteiger partial charge in [-0.3, -0.25) is 4.21 Å². The second-order valence-electron chi connectivity index (χ2n) is 3.01. The van der Waals surface area contributed by atoms with Crippen molar-refractivity contribution in [3.63, 3.8) is 0 Å². The monoisotopic (exact) mass is 239 g/mol. The molecule has 0 saturated carbocycles. The summed E-state index contributed by atoms with van der Waals surface area (Å²) < 4.78 is 22.2. The molecule has 0 saturated heterocycles. The highest BCUT2D eigenvalue weighted by molar-refractivity contribution is 7.76. The number of nitriles is 1. The van der Waals surface area contributed by atoms with Crippen LogP contribution in [0, 0.1) is 11.3 Å². The number of anilines is 1. The van der Waals surface area contributed by atoms with Crippen LogP contribution in [0.5, 0.6) is 0 Å². The average Bonchev–Trinajstić information content (AvgIpc) is 2.29. The molecule has 0 amide bonds. The Bertz CT molecular complexity index is 418. The summed E-state index contributed by atoms with van der Waals surface area (Å²) in [6.45, 7) is 0.751. The van der Waals surface area contributed by atoms with Crippen LogP contribution >= 0.6 is 0 Å². The lowest BCUT2D eigenvalue weighted by atomic mass is 10.3. The van der Waals surface area contributed by atoms with E-state index in [9.17, 15) is 8.76 Å². The van der Waals surface area contributed by atoms with Crippen molar-refractivity contribution in [1.29, 1.82) is 5.26 Å². The molecular formula is C9H11N4O2S-. The van der Waals surface area contributed by atoms with Gasteiger partial charge in [0.25, 0.3) is 0 Å². The first-order valence-corrected chi connectivity index (χ1v) is 5.58. The van der Waals surface area contributed by atoms with Crippen LogP contribution in [0.25, 0.3) is 0 Å². The minimum absolute atomic E-state index is 0.299. The second-order valence-corrected chi connectivity index (χ2v) is 4.06. The Morgan fingerprint density at radius 2 is 2.50 bits per heavy atom. The van der Waals surface area contributed by atoms with E-state index >= 15 is 0 Å². The molecule has 1 atom stereocenters. The summed E-state index contributed by atoms with van der Waals surface area (Å²) in [4.78, 5) is 3.87. The predicted molar refractivity (Wildman–Crippen MR) is 59.0 cm³/mol. The lowest BCUT2D eigenvalue weighted by molar-refractivity contribution is 0.441. The van der Waals surface area contributed by atoms with E-state index in [1.807, 2.05) is 6.07 Å². The number of hydrogen-bond donors (Lipinski definition) is 1. The van der Waals surface area contributed by atoms with Crippen molar-refractivity contribution in [3.8, 4) is 6.07 Å². The molecule has 1 unspecified atom stereocenters. The molecular weight excluding hydrogens is 228 g/mol.